The van der Waals surface area contributed by atoms with Gasteiger partial charge in [-0.3, -0.25) is 0 Å². The van der Waals surface area contributed by atoms with Crippen LogP contribution in [0.5, 0.6) is 0 Å². The summed E-state index contributed by atoms with van der Waals surface area (Å²) in [4.78, 5) is 14.3. The fourth-order valence-corrected chi connectivity index (χ4v) is 8.20. The van der Waals surface area contributed by atoms with Crippen molar-refractivity contribution in [3.8, 4) is 57.4 Å². The largest absolute Gasteiger partial charge is 0.309 e. The second-order valence-electron chi connectivity index (χ2n) is 11.1. The quantitative estimate of drug-likeness (QED) is 0.165. The van der Waals surface area contributed by atoms with Gasteiger partial charge in [0.1, 0.15) is 0 Å². The molecule has 1 aromatic heterocycles. The molecule has 0 bridgehead atoms. The maximum Gasteiger partial charge on any atom is 0.171 e. The fraction of sp³-hybridized carbons (Fsp3) is 0. The van der Waals surface area contributed by atoms with Crippen LogP contribution in [0.3, 0.4) is 0 Å². The van der Waals surface area contributed by atoms with Crippen LogP contribution in [0.4, 0.5) is 0 Å². The van der Waals surface area contributed by atoms with Crippen molar-refractivity contribution in [1.82, 2.24) is 15.0 Å². The maximum absolute atomic E-state index is 14.7. The molecule has 0 aliphatic carbocycles. The van der Waals surface area contributed by atoms with Crippen LogP contribution in [0.2, 0.25) is 0 Å². The van der Waals surface area contributed by atoms with E-state index >= 15 is 0 Å². The molecule has 0 saturated carbocycles. The number of aromatic nitrogens is 3. The van der Waals surface area contributed by atoms with E-state index in [1.165, 1.54) is 0 Å². The van der Waals surface area contributed by atoms with Gasteiger partial charge in [0, 0.05) is 32.6 Å². The number of nitrogens with zero attached hydrogens (tertiary/aromatic N) is 5. The highest BCUT2D eigenvalue weighted by Crippen LogP contribution is 2.42. The van der Waals surface area contributed by atoms with Gasteiger partial charge in [-0.15, -0.1) is 0 Å². The molecule has 0 unspecified atom stereocenters. The molecule has 0 atom stereocenters. The molecule has 0 aliphatic rings. The molecule has 7 heteroatoms. The molecule has 0 aliphatic heterocycles. The third-order valence-electron chi connectivity index (χ3n) is 8.13. The van der Waals surface area contributed by atoms with Gasteiger partial charge in [0.2, 0.25) is 0 Å². The Hall–Kier alpha value is -6.46. The topological polar surface area (TPSA) is 103 Å². The van der Waals surface area contributed by atoms with E-state index in [9.17, 15) is 15.1 Å². The van der Waals surface area contributed by atoms with Gasteiger partial charge in [-0.2, -0.15) is 10.5 Å². The lowest BCUT2D eigenvalue weighted by Crippen LogP contribution is -2.24. The molecule has 0 amide bonds. The summed E-state index contributed by atoms with van der Waals surface area (Å²) in [6, 6.07) is 53.7. The van der Waals surface area contributed by atoms with Gasteiger partial charge in [-0.05, 0) is 59.7 Å². The first-order valence-corrected chi connectivity index (χ1v) is 17.0. The van der Waals surface area contributed by atoms with E-state index in [1.807, 2.05) is 133 Å². The molecule has 0 spiro atoms. The van der Waals surface area contributed by atoms with Gasteiger partial charge in [0.05, 0.1) is 23.3 Å². The first-order chi connectivity index (χ1) is 23.5. The molecule has 7 rings (SSSR count). The molecule has 0 fully saturated rings. The van der Waals surface area contributed by atoms with Crippen LogP contribution in [-0.2, 0) is 4.57 Å². The minimum atomic E-state index is -3.06. The average molecular weight is 636 g/mol. The molecule has 0 saturated heterocycles. The summed E-state index contributed by atoms with van der Waals surface area (Å²) in [5.74, 6) is 1.45. The monoisotopic (exact) mass is 635 g/mol. The highest BCUT2D eigenvalue weighted by molar-refractivity contribution is 7.85. The standard InChI is InChI=1S/C41H26N5OP/c42-27-29-11-15-33(16-12-29)39-44-40(34-17-13-30(28-43)14-18-34)46-41(45-39)35-21-19-31(20-22-35)32-23-25-38(26-24-32)48(47,36-7-3-1-4-8-36)37-9-5-2-6-10-37/h1-26H. The van der Waals surface area contributed by atoms with E-state index in [2.05, 4.69) is 12.1 Å². The first kappa shape index (κ1) is 30.2. The highest BCUT2D eigenvalue weighted by atomic mass is 31.2. The van der Waals surface area contributed by atoms with Crippen molar-refractivity contribution in [1.29, 1.82) is 10.5 Å². The lowest BCUT2D eigenvalue weighted by molar-refractivity contribution is 0.592. The van der Waals surface area contributed by atoms with E-state index in [0.29, 0.717) is 28.6 Å². The van der Waals surface area contributed by atoms with Gasteiger partial charge in [0.25, 0.3) is 0 Å². The van der Waals surface area contributed by atoms with Gasteiger partial charge in [-0.1, -0.05) is 109 Å². The van der Waals surface area contributed by atoms with Gasteiger partial charge in [0.15, 0.2) is 24.6 Å². The second kappa shape index (κ2) is 13.1. The van der Waals surface area contributed by atoms with E-state index in [4.69, 9.17) is 15.0 Å². The van der Waals surface area contributed by atoms with Crippen molar-refractivity contribution < 1.29 is 4.57 Å². The van der Waals surface area contributed by atoms with Crippen molar-refractivity contribution >= 4 is 23.1 Å². The number of hydrogen-bond donors (Lipinski definition) is 0. The lowest BCUT2D eigenvalue weighted by atomic mass is 10.0. The molecule has 48 heavy (non-hydrogen) atoms. The number of rotatable bonds is 7. The highest BCUT2D eigenvalue weighted by Gasteiger charge is 2.29. The maximum atomic E-state index is 14.7. The Kier molecular flexibility index (Phi) is 8.25. The molecule has 6 aromatic carbocycles. The zero-order valence-corrected chi connectivity index (χ0v) is 26.5. The summed E-state index contributed by atoms with van der Waals surface area (Å²) in [5.41, 5.74) is 5.40. The van der Waals surface area contributed by atoms with Crippen LogP contribution in [0, 0.1) is 22.7 Å². The predicted octanol–water partition coefficient (Wildman–Crippen LogP) is 7.92. The third-order valence-corrected chi connectivity index (χ3v) is 11.2. The summed E-state index contributed by atoms with van der Waals surface area (Å²) in [6.45, 7) is 0. The number of nitriles is 2. The van der Waals surface area contributed by atoms with Gasteiger partial charge >= 0.3 is 0 Å². The van der Waals surface area contributed by atoms with E-state index < -0.39 is 7.14 Å². The summed E-state index contributed by atoms with van der Waals surface area (Å²) >= 11 is 0. The Morgan fingerprint density at radius 1 is 0.375 bits per heavy atom. The molecular weight excluding hydrogens is 609 g/mol. The van der Waals surface area contributed by atoms with Crippen LogP contribution < -0.4 is 15.9 Å². The van der Waals surface area contributed by atoms with Gasteiger partial charge < -0.3 is 4.57 Å². The molecule has 7 aromatic rings. The molecule has 6 nitrogen and oxygen atoms in total. The van der Waals surface area contributed by atoms with Gasteiger partial charge in [-0.25, -0.2) is 15.0 Å². The Balaban J connectivity index is 1.23. The van der Waals surface area contributed by atoms with Crippen LogP contribution in [-0.4, -0.2) is 15.0 Å². The summed E-state index contributed by atoms with van der Waals surface area (Å²) in [6.07, 6.45) is 0. The molecular formula is C41H26N5OP. The van der Waals surface area contributed by atoms with Crippen molar-refractivity contribution in [2.45, 2.75) is 0 Å². The molecule has 0 radical (unpaired) electrons. The van der Waals surface area contributed by atoms with Crippen LogP contribution in [0.15, 0.2) is 158 Å². The normalized spacial score (nSPS) is 11.0. The summed E-state index contributed by atoms with van der Waals surface area (Å²) in [5, 5.41) is 20.9. The van der Waals surface area contributed by atoms with E-state index in [1.54, 1.807) is 24.3 Å². The lowest BCUT2D eigenvalue weighted by Gasteiger charge is -2.20. The smallest absolute Gasteiger partial charge is 0.171 e. The second-order valence-corrected chi connectivity index (χ2v) is 13.9. The molecule has 0 N–H and O–H groups in total. The number of hydrogen-bond acceptors (Lipinski definition) is 6. The van der Waals surface area contributed by atoms with E-state index in [0.717, 1.165) is 43.7 Å². The van der Waals surface area contributed by atoms with Crippen LogP contribution >= 0.6 is 7.14 Å². The van der Waals surface area contributed by atoms with Crippen molar-refractivity contribution in [2.75, 3.05) is 0 Å². The third kappa shape index (κ3) is 5.93. The van der Waals surface area contributed by atoms with Crippen molar-refractivity contribution in [3.63, 3.8) is 0 Å². The van der Waals surface area contributed by atoms with Crippen molar-refractivity contribution in [2.24, 2.45) is 0 Å². The molecule has 1 heterocycles. The van der Waals surface area contributed by atoms with E-state index in [-0.39, 0.29) is 0 Å². The zero-order valence-electron chi connectivity index (χ0n) is 25.6. The van der Waals surface area contributed by atoms with Crippen molar-refractivity contribution in [3.05, 3.63) is 169 Å². The van der Waals surface area contributed by atoms with Crippen LogP contribution in [0.1, 0.15) is 11.1 Å². The minimum Gasteiger partial charge on any atom is -0.309 e. The number of benzene rings is 6. The SMILES string of the molecule is N#Cc1ccc(-c2nc(-c3ccc(C#N)cc3)nc(-c3ccc(-c4ccc(P(=O)(c5ccccc5)c5ccccc5)cc4)cc3)n2)cc1. The predicted molar refractivity (Wildman–Crippen MR) is 190 cm³/mol. The Labute approximate surface area is 278 Å². The average Bonchev–Trinajstić information content (AvgIpc) is 3.18. The Morgan fingerprint density at radius 2 is 0.667 bits per heavy atom. The first-order valence-electron chi connectivity index (χ1n) is 15.2. The minimum absolute atomic E-state index is 0.477. The summed E-state index contributed by atoms with van der Waals surface area (Å²) < 4.78 is 14.7. The Bertz CT molecular complexity index is 2230. The van der Waals surface area contributed by atoms with Crippen LogP contribution in [0.25, 0.3) is 45.3 Å². The zero-order chi connectivity index (χ0) is 32.9. The Morgan fingerprint density at radius 3 is 1.02 bits per heavy atom. The summed E-state index contributed by atoms with van der Waals surface area (Å²) in [7, 11) is -3.06. The fourth-order valence-electron chi connectivity index (χ4n) is 5.55. The molecule has 226 valence electrons.